The molecule has 35 heavy (non-hydrogen) atoms. The van der Waals surface area contributed by atoms with Crippen LogP contribution in [0.2, 0.25) is 5.02 Å². The van der Waals surface area contributed by atoms with Crippen molar-refractivity contribution < 1.29 is 28.5 Å². The third-order valence-corrected chi connectivity index (χ3v) is 5.86. The summed E-state index contributed by atoms with van der Waals surface area (Å²) in [6.45, 7) is 0. The Kier molecular flexibility index (Phi) is 6.71. The molecule has 0 aromatic heterocycles. The van der Waals surface area contributed by atoms with E-state index in [4.69, 9.17) is 41.0 Å². The third-order valence-electron chi connectivity index (χ3n) is 5.52. The highest BCUT2D eigenvalue weighted by atomic mass is 35.5. The van der Waals surface area contributed by atoms with E-state index >= 15 is 0 Å². The van der Waals surface area contributed by atoms with E-state index in [2.05, 4.69) is 6.07 Å². The van der Waals surface area contributed by atoms with Gasteiger partial charge in [0, 0.05) is 16.7 Å². The maximum Gasteiger partial charge on any atom is 0.343 e. The molecule has 1 heterocycles. The minimum absolute atomic E-state index is 0.0435. The minimum atomic E-state index is -0.649. The number of hydrogen-bond donors (Lipinski definition) is 1. The van der Waals surface area contributed by atoms with Crippen molar-refractivity contribution in [3.63, 3.8) is 0 Å². The first kappa shape index (κ1) is 23.8. The second-order valence-corrected chi connectivity index (χ2v) is 7.86. The molecule has 0 fully saturated rings. The Balaban J connectivity index is 1.69. The number of hydrogen-bond acceptors (Lipinski definition) is 8. The molecule has 0 radical (unpaired) electrons. The van der Waals surface area contributed by atoms with Crippen LogP contribution in [0.1, 0.15) is 27.4 Å². The Morgan fingerprint density at radius 1 is 1.00 bits per heavy atom. The zero-order valence-corrected chi connectivity index (χ0v) is 19.9. The van der Waals surface area contributed by atoms with Crippen LogP contribution in [0, 0.1) is 11.3 Å². The van der Waals surface area contributed by atoms with Crippen LogP contribution in [-0.2, 0) is 0 Å². The standard InChI is InChI=1S/C26H21ClN2O6/c1-31-21-10-14(11-22(32-2)24(21)33-3)26(30)34-15-8-9-17-20(12-15)35-25(29)18(13-28)23(17)16-6-4-5-7-19(16)27/h4-12,23H,29H2,1-3H3. The fourth-order valence-electron chi connectivity index (χ4n) is 3.89. The molecule has 4 rings (SSSR count). The van der Waals surface area contributed by atoms with Crippen molar-refractivity contribution in [3.8, 4) is 34.8 Å². The molecule has 9 heteroatoms. The molecule has 8 nitrogen and oxygen atoms in total. The summed E-state index contributed by atoms with van der Waals surface area (Å²) in [6, 6.07) is 17.2. The molecule has 0 saturated heterocycles. The van der Waals surface area contributed by atoms with Crippen LogP contribution in [0.3, 0.4) is 0 Å². The van der Waals surface area contributed by atoms with Gasteiger partial charge in [-0.1, -0.05) is 35.9 Å². The molecule has 1 atom stereocenters. The van der Waals surface area contributed by atoms with Gasteiger partial charge < -0.3 is 29.4 Å². The van der Waals surface area contributed by atoms with E-state index in [0.717, 1.165) is 0 Å². The highest BCUT2D eigenvalue weighted by molar-refractivity contribution is 6.31. The number of nitrogens with two attached hydrogens (primary N) is 1. The number of methoxy groups -OCH3 is 3. The fraction of sp³-hybridized carbons (Fsp3) is 0.154. The zero-order valence-electron chi connectivity index (χ0n) is 19.1. The summed E-state index contributed by atoms with van der Waals surface area (Å²) in [7, 11) is 4.38. The summed E-state index contributed by atoms with van der Waals surface area (Å²) < 4.78 is 27.2. The lowest BCUT2D eigenvalue weighted by Gasteiger charge is -2.27. The molecule has 3 aromatic rings. The van der Waals surface area contributed by atoms with Gasteiger partial charge in [-0.05, 0) is 29.8 Å². The first-order valence-electron chi connectivity index (χ1n) is 10.4. The summed E-state index contributed by atoms with van der Waals surface area (Å²) in [5.74, 6) is 0.332. The lowest BCUT2D eigenvalue weighted by atomic mass is 9.83. The van der Waals surface area contributed by atoms with Gasteiger partial charge in [0.15, 0.2) is 11.5 Å². The highest BCUT2D eigenvalue weighted by Gasteiger charge is 2.32. The molecule has 1 aliphatic rings. The summed E-state index contributed by atoms with van der Waals surface area (Å²) >= 11 is 6.42. The van der Waals surface area contributed by atoms with Gasteiger partial charge in [0.05, 0.1) is 32.8 Å². The number of fused-ring (bicyclic) bond motifs is 1. The average molecular weight is 493 g/mol. The summed E-state index contributed by atoms with van der Waals surface area (Å²) in [5, 5.41) is 10.2. The highest BCUT2D eigenvalue weighted by Crippen LogP contribution is 2.45. The Hall–Kier alpha value is -4.35. The van der Waals surface area contributed by atoms with E-state index in [9.17, 15) is 10.1 Å². The van der Waals surface area contributed by atoms with Crippen LogP contribution in [0.5, 0.6) is 28.7 Å². The van der Waals surface area contributed by atoms with Crippen molar-refractivity contribution in [2.24, 2.45) is 5.73 Å². The van der Waals surface area contributed by atoms with Gasteiger partial charge in [-0.3, -0.25) is 0 Å². The number of halogens is 1. The molecule has 0 spiro atoms. The number of carbonyl (C=O) groups excluding carboxylic acids is 1. The topological polar surface area (TPSA) is 113 Å². The quantitative estimate of drug-likeness (QED) is 0.385. The van der Waals surface area contributed by atoms with E-state index in [0.29, 0.717) is 39.1 Å². The van der Waals surface area contributed by atoms with Crippen LogP contribution >= 0.6 is 11.6 Å². The molecule has 1 aliphatic heterocycles. The van der Waals surface area contributed by atoms with Crippen LogP contribution in [0.4, 0.5) is 0 Å². The van der Waals surface area contributed by atoms with E-state index in [-0.39, 0.29) is 22.8 Å². The summed E-state index contributed by atoms with van der Waals surface area (Å²) in [6.07, 6.45) is 0. The van der Waals surface area contributed by atoms with Gasteiger partial charge in [-0.15, -0.1) is 0 Å². The number of nitriles is 1. The second kappa shape index (κ2) is 9.87. The number of rotatable bonds is 6. The van der Waals surface area contributed by atoms with Gasteiger partial charge in [-0.25, -0.2) is 4.79 Å². The Morgan fingerprint density at radius 2 is 1.69 bits per heavy atom. The van der Waals surface area contributed by atoms with E-state index < -0.39 is 11.9 Å². The maximum absolute atomic E-state index is 12.9. The maximum atomic E-state index is 12.9. The van der Waals surface area contributed by atoms with Gasteiger partial charge >= 0.3 is 5.97 Å². The summed E-state index contributed by atoms with van der Waals surface area (Å²) in [4.78, 5) is 12.9. The predicted octanol–water partition coefficient (Wildman–Crippen LogP) is 4.80. The van der Waals surface area contributed by atoms with Crippen LogP contribution in [-0.4, -0.2) is 27.3 Å². The number of esters is 1. The average Bonchev–Trinajstić information content (AvgIpc) is 2.87. The predicted molar refractivity (Wildman–Crippen MR) is 128 cm³/mol. The number of nitrogens with zero attached hydrogens (tertiary/aromatic N) is 1. The van der Waals surface area contributed by atoms with Crippen LogP contribution in [0.15, 0.2) is 66.1 Å². The van der Waals surface area contributed by atoms with Crippen molar-refractivity contribution in [1.82, 2.24) is 0 Å². The first-order chi connectivity index (χ1) is 16.9. The van der Waals surface area contributed by atoms with Crippen molar-refractivity contribution in [2.45, 2.75) is 5.92 Å². The third kappa shape index (κ3) is 4.42. The van der Waals surface area contributed by atoms with Crippen molar-refractivity contribution in [1.29, 1.82) is 5.26 Å². The summed E-state index contributed by atoms with van der Waals surface area (Å²) in [5.41, 5.74) is 7.87. The van der Waals surface area contributed by atoms with E-state index in [1.54, 1.807) is 24.3 Å². The molecule has 2 N–H and O–H groups in total. The number of carbonyl (C=O) groups is 1. The normalized spacial score (nSPS) is 14.3. The van der Waals surface area contributed by atoms with Crippen molar-refractivity contribution in [2.75, 3.05) is 21.3 Å². The molecule has 1 unspecified atom stereocenters. The lowest BCUT2D eigenvalue weighted by Crippen LogP contribution is -2.21. The number of benzene rings is 3. The Labute approximate surface area is 207 Å². The van der Waals surface area contributed by atoms with Crippen LogP contribution < -0.4 is 29.4 Å². The lowest BCUT2D eigenvalue weighted by molar-refractivity contribution is 0.0733. The SMILES string of the molecule is COc1cc(C(=O)Oc2ccc3c(c2)OC(N)=C(C#N)C3c2ccccc2Cl)cc(OC)c1OC. The zero-order chi connectivity index (χ0) is 25.1. The van der Waals surface area contributed by atoms with Gasteiger partial charge in [-0.2, -0.15) is 5.26 Å². The van der Waals surface area contributed by atoms with Crippen molar-refractivity contribution in [3.05, 3.63) is 87.8 Å². The fourth-order valence-corrected chi connectivity index (χ4v) is 4.14. The van der Waals surface area contributed by atoms with Gasteiger partial charge in [0.2, 0.25) is 11.6 Å². The Bertz CT molecular complexity index is 1350. The van der Waals surface area contributed by atoms with Crippen molar-refractivity contribution >= 4 is 17.6 Å². The van der Waals surface area contributed by atoms with E-state index in [1.165, 1.54) is 39.5 Å². The molecule has 0 bridgehead atoms. The molecule has 0 aliphatic carbocycles. The molecular weight excluding hydrogens is 472 g/mol. The first-order valence-corrected chi connectivity index (χ1v) is 10.8. The number of ether oxygens (including phenoxy) is 5. The largest absolute Gasteiger partial charge is 0.493 e. The van der Waals surface area contributed by atoms with E-state index in [1.807, 2.05) is 12.1 Å². The second-order valence-electron chi connectivity index (χ2n) is 7.45. The number of allylic oxidation sites excluding steroid dienone is 1. The van der Waals surface area contributed by atoms with Gasteiger partial charge in [0.25, 0.3) is 0 Å². The molecular formula is C26H21ClN2O6. The molecule has 0 saturated carbocycles. The Morgan fingerprint density at radius 3 is 2.29 bits per heavy atom. The molecule has 3 aromatic carbocycles. The van der Waals surface area contributed by atoms with Gasteiger partial charge in [0.1, 0.15) is 23.1 Å². The monoisotopic (exact) mass is 492 g/mol. The smallest absolute Gasteiger partial charge is 0.343 e. The van der Waals surface area contributed by atoms with Crippen LogP contribution in [0.25, 0.3) is 0 Å². The molecule has 0 amide bonds. The minimum Gasteiger partial charge on any atom is -0.493 e. The molecule has 178 valence electrons.